The molecular formula is C27H22F3NO5. The zero-order chi connectivity index (χ0) is 25.6. The molecule has 0 unspecified atom stereocenters. The Morgan fingerprint density at radius 2 is 1.69 bits per heavy atom. The van der Waals surface area contributed by atoms with E-state index in [9.17, 15) is 18.0 Å². The number of hydrogen-bond acceptors (Lipinski definition) is 5. The molecule has 0 saturated heterocycles. The molecule has 5 rings (SSSR count). The fraction of sp³-hybridized carbons (Fsp3) is 0.222. The molecule has 1 aliphatic rings. The normalized spacial score (nSPS) is 12.5. The average Bonchev–Trinajstić information content (AvgIpc) is 3.03. The van der Waals surface area contributed by atoms with Crippen molar-refractivity contribution in [3.05, 3.63) is 87.2 Å². The van der Waals surface area contributed by atoms with Crippen molar-refractivity contribution < 1.29 is 32.1 Å². The quantitative estimate of drug-likeness (QED) is 0.364. The molecule has 3 aromatic carbocycles. The molecule has 0 fully saturated rings. The topological polar surface area (TPSA) is 58.9 Å². The van der Waals surface area contributed by atoms with Gasteiger partial charge in [0, 0.05) is 29.1 Å². The van der Waals surface area contributed by atoms with E-state index in [2.05, 4.69) is 0 Å². The Labute approximate surface area is 204 Å². The van der Waals surface area contributed by atoms with Crippen molar-refractivity contribution >= 4 is 10.9 Å². The van der Waals surface area contributed by atoms with Crippen molar-refractivity contribution in [3.8, 4) is 28.7 Å². The van der Waals surface area contributed by atoms with E-state index in [0.29, 0.717) is 50.6 Å². The van der Waals surface area contributed by atoms with Crippen LogP contribution in [0.15, 0.2) is 59.5 Å². The summed E-state index contributed by atoms with van der Waals surface area (Å²) >= 11 is 0. The van der Waals surface area contributed by atoms with Gasteiger partial charge in [-0.05, 0) is 42.0 Å². The van der Waals surface area contributed by atoms with Crippen molar-refractivity contribution in [2.75, 3.05) is 21.3 Å². The van der Waals surface area contributed by atoms with Gasteiger partial charge in [-0.1, -0.05) is 12.1 Å². The predicted molar refractivity (Wildman–Crippen MR) is 128 cm³/mol. The lowest BCUT2D eigenvalue weighted by Gasteiger charge is -2.17. The SMILES string of the molecule is COc1cc(Cc2cn3c4c(cccc4c2=O)COc2ccc(C(F)(F)F)cc2-3)cc(OC)c1OC. The van der Waals surface area contributed by atoms with Crippen LogP contribution in [0.4, 0.5) is 13.2 Å². The van der Waals surface area contributed by atoms with Crippen LogP contribution >= 0.6 is 0 Å². The van der Waals surface area contributed by atoms with Gasteiger partial charge in [-0.25, -0.2) is 0 Å². The number of para-hydroxylation sites is 1. The number of aromatic nitrogens is 1. The van der Waals surface area contributed by atoms with Crippen LogP contribution in [0.3, 0.4) is 0 Å². The smallest absolute Gasteiger partial charge is 0.416 e. The van der Waals surface area contributed by atoms with E-state index in [-0.39, 0.29) is 24.1 Å². The monoisotopic (exact) mass is 497 g/mol. The molecule has 6 nitrogen and oxygen atoms in total. The minimum absolute atomic E-state index is 0.126. The molecule has 186 valence electrons. The molecule has 0 aliphatic carbocycles. The number of nitrogens with zero attached hydrogens (tertiary/aromatic N) is 1. The Balaban J connectivity index is 1.74. The second kappa shape index (κ2) is 8.82. The van der Waals surface area contributed by atoms with Gasteiger partial charge in [0.1, 0.15) is 12.4 Å². The van der Waals surface area contributed by atoms with Gasteiger partial charge in [0.25, 0.3) is 0 Å². The highest BCUT2D eigenvalue weighted by Crippen LogP contribution is 2.40. The number of rotatable bonds is 5. The Kier molecular flexibility index (Phi) is 5.78. The summed E-state index contributed by atoms with van der Waals surface area (Å²) in [6.45, 7) is 0.126. The van der Waals surface area contributed by atoms with Gasteiger partial charge in [-0.2, -0.15) is 13.2 Å². The van der Waals surface area contributed by atoms with Gasteiger partial charge in [0.2, 0.25) is 5.75 Å². The van der Waals surface area contributed by atoms with Crippen LogP contribution in [0.25, 0.3) is 16.6 Å². The lowest BCUT2D eigenvalue weighted by atomic mass is 10.0. The second-order valence-electron chi connectivity index (χ2n) is 8.35. The van der Waals surface area contributed by atoms with Crippen LogP contribution in [0.1, 0.15) is 22.3 Å². The van der Waals surface area contributed by atoms with E-state index < -0.39 is 11.7 Å². The van der Waals surface area contributed by atoms with Crippen molar-refractivity contribution in [1.29, 1.82) is 0 Å². The fourth-order valence-electron chi connectivity index (χ4n) is 4.56. The Hall–Kier alpha value is -4.14. The lowest BCUT2D eigenvalue weighted by molar-refractivity contribution is -0.137. The van der Waals surface area contributed by atoms with Gasteiger partial charge in [0.15, 0.2) is 16.9 Å². The third kappa shape index (κ3) is 3.90. The van der Waals surface area contributed by atoms with E-state index in [4.69, 9.17) is 18.9 Å². The molecule has 0 amide bonds. The number of ether oxygens (including phenoxy) is 4. The van der Waals surface area contributed by atoms with Crippen LogP contribution in [-0.2, 0) is 19.2 Å². The van der Waals surface area contributed by atoms with Gasteiger partial charge in [-0.3, -0.25) is 4.79 Å². The predicted octanol–water partition coefficient (Wildman–Crippen LogP) is 5.52. The van der Waals surface area contributed by atoms with E-state index in [1.807, 2.05) is 0 Å². The van der Waals surface area contributed by atoms with Crippen molar-refractivity contribution in [1.82, 2.24) is 4.57 Å². The molecule has 2 heterocycles. The summed E-state index contributed by atoms with van der Waals surface area (Å²) in [5.41, 5.74) is 1.52. The maximum Gasteiger partial charge on any atom is 0.416 e. The van der Waals surface area contributed by atoms with E-state index in [1.165, 1.54) is 27.4 Å². The van der Waals surface area contributed by atoms with Crippen LogP contribution in [0.2, 0.25) is 0 Å². The van der Waals surface area contributed by atoms with E-state index in [0.717, 1.165) is 12.1 Å². The van der Waals surface area contributed by atoms with E-state index in [1.54, 1.807) is 41.1 Å². The van der Waals surface area contributed by atoms with Gasteiger partial charge < -0.3 is 23.5 Å². The van der Waals surface area contributed by atoms with Gasteiger partial charge in [-0.15, -0.1) is 0 Å². The number of methoxy groups -OCH3 is 3. The lowest BCUT2D eigenvalue weighted by Crippen LogP contribution is -2.16. The molecule has 0 N–H and O–H groups in total. The number of fused-ring (bicyclic) bond motifs is 2. The zero-order valence-corrected chi connectivity index (χ0v) is 19.7. The summed E-state index contributed by atoms with van der Waals surface area (Å²) in [7, 11) is 4.49. The molecule has 0 spiro atoms. The highest BCUT2D eigenvalue weighted by molar-refractivity contribution is 5.85. The summed E-state index contributed by atoms with van der Waals surface area (Å²) < 4.78 is 64.3. The van der Waals surface area contributed by atoms with Crippen molar-refractivity contribution in [3.63, 3.8) is 0 Å². The molecule has 0 radical (unpaired) electrons. The third-order valence-corrected chi connectivity index (χ3v) is 6.23. The average molecular weight is 497 g/mol. The van der Waals surface area contributed by atoms with Gasteiger partial charge >= 0.3 is 6.18 Å². The minimum Gasteiger partial charge on any atom is -0.493 e. The molecule has 9 heteroatoms. The van der Waals surface area contributed by atoms with Crippen LogP contribution in [0, 0.1) is 0 Å². The fourth-order valence-corrected chi connectivity index (χ4v) is 4.56. The van der Waals surface area contributed by atoms with Crippen molar-refractivity contribution in [2.45, 2.75) is 19.2 Å². The maximum absolute atomic E-state index is 13.5. The molecule has 0 saturated carbocycles. The molecule has 0 bridgehead atoms. The summed E-state index contributed by atoms with van der Waals surface area (Å²) in [5, 5.41) is 0.395. The Morgan fingerprint density at radius 3 is 2.33 bits per heavy atom. The largest absolute Gasteiger partial charge is 0.493 e. The first kappa shape index (κ1) is 23.6. The molecule has 36 heavy (non-hydrogen) atoms. The first-order chi connectivity index (χ1) is 17.2. The zero-order valence-electron chi connectivity index (χ0n) is 19.7. The summed E-state index contributed by atoms with van der Waals surface area (Å²) in [6, 6.07) is 12.0. The number of halogens is 3. The first-order valence-corrected chi connectivity index (χ1v) is 11.0. The first-order valence-electron chi connectivity index (χ1n) is 11.0. The molecule has 1 aliphatic heterocycles. The molecular weight excluding hydrogens is 475 g/mol. The van der Waals surface area contributed by atoms with Crippen LogP contribution < -0.4 is 24.4 Å². The van der Waals surface area contributed by atoms with Crippen LogP contribution in [0.5, 0.6) is 23.0 Å². The number of benzene rings is 3. The van der Waals surface area contributed by atoms with E-state index >= 15 is 0 Å². The third-order valence-electron chi connectivity index (χ3n) is 6.23. The second-order valence-corrected chi connectivity index (χ2v) is 8.35. The number of alkyl halides is 3. The highest BCUT2D eigenvalue weighted by Gasteiger charge is 2.32. The molecule has 4 aromatic rings. The maximum atomic E-state index is 13.5. The molecule has 1 aromatic heterocycles. The summed E-state index contributed by atoms with van der Waals surface area (Å²) in [5.74, 6) is 1.58. The summed E-state index contributed by atoms with van der Waals surface area (Å²) in [4.78, 5) is 13.5. The minimum atomic E-state index is -4.53. The van der Waals surface area contributed by atoms with Crippen LogP contribution in [-0.4, -0.2) is 25.9 Å². The summed E-state index contributed by atoms with van der Waals surface area (Å²) in [6.07, 6.45) is -2.76. The highest BCUT2D eigenvalue weighted by atomic mass is 19.4. The molecule has 0 atom stereocenters. The Morgan fingerprint density at radius 1 is 0.972 bits per heavy atom. The number of pyridine rings is 1. The Bertz CT molecular complexity index is 1520. The van der Waals surface area contributed by atoms with Gasteiger partial charge in [0.05, 0.1) is 38.1 Å². The number of hydrogen-bond donors (Lipinski definition) is 0. The standard InChI is InChI=1S/C27H22F3NO5/c1-33-22-10-15(11-23(34-2)26(22)35-3)9-17-13-31-20-12-18(27(28,29)30)7-8-21(20)36-14-16-5-4-6-19(24(16)31)25(17)32/h4-8,10-13H,9,14H2,1-3H3. The van der Waals surface area contributed by atoms with Crippen molar-refractivity contribution in [2.24, 2.45) is 0 Å².